The van der Waals surface area contributed by atoms with Crippen molar-refractivity contribution < 1.29 is 17.5 Å². The molecule has 3 aromatic rings. The lowest BCUT2D eigenvalue weighted by atomic mass is 10.0. The summed E-state index contributed by atoms with van der Waals surface area (Å²) in [6, 6.07) is 11.8. The van der Waals surface area contributed by atoms with Crippen molar-refractivity contribution in [1.82, 2.24) is 13.9 Å². The van der Waals surface area contributed by atoms with Crippen LogP contribution in [0.25, 0.3) is 11.0 Å². The second kappa shape index (κ2) is 11.2. The molecule has 9 heteroatoms. The normalized spacial score (nSPS) is 17.4. The topological polar surface area (TPSA) is 64.4 Å². The van der Waals surface area contributed by atoms with E-state index >= 15 is 0 Å². The van der Waals surface area contributed by atoms with Gasteiger partial charge in [-0.05, 0) is 68.0 Å². The number of aryl methyl sites for hydroxylation is 1. The van der Waals surface area contributed by atoms with Crippen molar-refractivity contribution in [3.8, 4) is 0 Å². The summed E-state index contributed by atoms with van der Waals surface area (Å²) in [5, 5.41) is 0.789. The summed E-state index contributed by atoms with van der Waals surface area (Å²) in [5.74, 6) is 0.677. The summed E-state index contributed by atoms with van der Waals surface area (Å²) in [5.41, 5.74) is 2.42. The minimum absolute atomic E-state index is 0.259. The lowest BCUT2D eigenvalue weighted by Crippen LogP contribution is -2.39. The summed E-state index contributed by atoms with van der Waals surface area (Å²) in [6.45, 7) is 7.20. The highest BCUT2D eigenvalue weighted by Crippen LogP contribution is 2.30. The number of hydrogen-bond acceptors (Lipinski definition) is 5. The number of benzene rings is 2. The van der Waals surface area contributed by atoms with E-state index in [2.05, 4.69) is 11.5 Å². The molecule has 1 aromatic heterocycles. The molecular weight excluding hydrogens is 473 g/mol. The van der Waals surface area contributed by atoms with Crippen molar-refractivity contribution in [3.63, 3.8) is 0 Å². The molecule has 2 aromatic carbocycles. The maximum Gasteiger partial charge on any atom is 0.243 e. The van der Waals surface area contributed by atoms with Gasteiger partial charge in [0.1, 0.15) is 5.82 Å². The number of sulfonamides is 1. The van der Waals surface area contributed by atoms with E-state index in [0.29, 0.717) is 50.0 Å². The summed E-state index contributed by atoms with van der Waals surface area (Å²) in [7, 11) is -3.56. The Balaban J connectivity index is 1.63. The van der Waals surface area contributed by atoms with E-state index in [9.17, 15) is 12.8 Å². The number of piperidine rings is 1. The minimum Gasteiger partial charge on any atom is -0.382 e. The van der Waals surface area contributed by atoms with Crippen LogP contribution in [0.4, 0.5) is 4.39 Å². The first-order chi connectivity index (χ1) is 16.4. The Bertz CT molecular complexity index is 1230. The molecule has 0 saturated carbocycles. The molecule has 1 fully saturated rings. The van der Waals surface area contributed by atoms with Crippen LogP contribution >= 0.6 is 11.8 Å². The molecule has 1 aliphatic heterocycles. The maximum atomic E-state index is 13.6. The predicted molar refractivity (Wildman–Crippen MR) is 134 cm³/mol. The zero-order valence-corrected chi connectivity index (χ0v) is 21.4. The van der Waals surface area contributed by atoms with Gasteiger partial charge in [-0.15, -0.1) is 0 Å². The lowest BCUT2D eigenvalue weighted by Gasteiger charge is -2.30. The Labute approximate surface area is 205 Å². The van der Waals surface area contributed by atoms with Crippen LogP contribution < -0.4 is 0 Å². The molecule has 0 unspecified atom stereocenters. The van der Waals surface area contributed by atoms with Gasteiger partial charge in [0.15, 0.2) is 5.16 Å². The van der Waals surface area contributed by atoms with E-state index in [0.717, 1.165) is 35.5 Å². The van der Waals surface area contributed by atoms with Gasteiger partial charge in [0, 0.05) is 38.6 Å². The largest absolute Gasteiger partial charge is 0.382 e. The highest BCUT2D eigenvalue weighted by atomic mass is 32.2. The average Bonchev–Trinajstić information content (AvgIpc) is 3.17. The average molecular weight is 506 g/mol. The van der Waals surface area contributed by atoms with Gasteiger partial charge in [0.2, 0.25) is 10.0 Å². The number of aromatic nitrogens is 2. The molecule has 0 spiro atoms. The van der Waals surface area contributed by atoms with E-state index in [4.69, 9.17) is 9.72 Å². The van der Waals surface area contributed by atoms with Crippen LogP contribution in [0.15, 0.2) is 52.5 Å². The Morgan fingerprint density at radius 3 is 2.85 bits per heavy atom. The van der Waals surface area contributed by atoms with Gasteiger partial charge in [0.05, 0.1) is 15.9 Å². The summed E-state index contributed by atoms with van der Waals surface area (Å²) in [4.78, 5) is 5.08. The second-order valence-electron chi connectivity index (χ2n) is 8.78. The Hall–Kier alpha value is -1.94. The first-order valence-electron chi connectivity index (χ1n) is 11.8. The van der Waals surface area contributed by atoms with E-state index in [-0.39, 0.29) is 10.7 Å². The summed E-state index contributed by atoms with van der Waals surface area (Å²) >= 11 is 1.52. The molecule has 184 valence electrons. The van der Waals surface area contributed by atoms with Gasteiger partial charge in [0.25, 0.3) is 0 Å². The first kappa shape index (κ1) is 25.2. The first-order valence-corrected chi connectivity index (χ1v) is 14.3. The zero-order chi connectivity index (χ0) is 24.1. The van der Waals surface area contributed by atoms with Crippen molar-refractivity contribution in [3.05, 3.63) is 53.8 Å². The van der Waals surface area contributed by atoms with Gasteiger partial charge in [-0.25, -0.2) is 17.8 Å². The lowest BCUT2D eigenvalue weighted by molar-refractivity contribution is 0.141. The standard InChI is InChI=1S/C25H32FN3O3S2/c1-3-32-14-6-13-29-24-11-10-22(34(30,31)28-12-5-7-19(2)17-28)16-23(24)27-25(29)33-18-20-8-4-9-21(26)15-20/h4,8-11,15-16,19H,3,5-7,12-14,17-18H2,1-2H3/t19-/m0/s1. The van der Waals surface area contributed by atoms with E-state index in [1.807, 2.05) is 19.1 Å². The van der Waals surface area contributed by atoms with Crippen molar-refractivity contribution in [2.24, 2.45) is 5.92 Å². The van der Waals surface area contributed by atoms with Crippen molar-refractivity contribution in [2.45, 2.75) is 55.5 Å². The molecule has 0 aliphatic carbocycles. The van der Waals surface area contributed by atoms with Gasteiger partial charge >= 0.3 is 0 Å². The third kappa shape index (κ3) is 5.82. The van der Waals surface area contributed by atoms with Gasteiger partial charge in [-0.3, -0.25) is 0 Å². The smallest absolute Gasteiger partial charge is 0.243 e. The third-order valence-corrected chi connectivity index (χ3v) is 8.98. The zero-order valence-electron chi connectivity index (χ0n) is 19.7. The Morgan fingerprint density at radius 1 is 1.24 bits per heavy atom. The predicted octanol–water partition coefficient (Wildman–Crippen LogP) is 5.31. The molecule has 4 rings (SSSR count). The molecular formula is C25H32FN3O3S2. The molecule has 6 nitrogen and oxygen atoms in total. The van der Waals surface area contributed by atoms with Crippen molar-refractivity contribution in [2.75, 3.05) is 26.3 Å². The molecule has 0 amide bonds. The van der Waals surface area contributed by atoms with E-state index in [1.54, 1.807) is 22.5 Å². The van der Waals surface area contributed by atoms with Crippen LogP contribution in [0.2, 0.25) is 0 Å². The monoisotopic (exact) mass is 505 g/mol. The van der Waals surface area contributed by atoms with Crippen LogP contribution in [-0.4, -0.2) is 48.6 Å². The highest BCUT2D eigenvalue weighted by molar-refractivity contribution is 7.98. The molecule has 2 heterocycles. The fraction of sp³-hybridized carbons (Fsp3) is 0.480. The van der Waals surface area contributed by atoms with Crippen LogP contribution in [0.1, 0.15) is 38.7 Å². The van der Waals surface area contributed by atoms with Crippen LogP contribution in [0.3, 0.4) is 0 Å². The number of hydrogen-bond donors (Lipinski definition) is 0. The van der Waals surface area contributed by atoms with Crippen molar-refractivity contribution in [1.29, 1.82) is 0 Å². The number of imidazole rings is 1. The molecule has 1 atom stereocenters. The minimum atomic E-state index is -3.56. The number of nitrogens with zero attached hydrogens (tertiary/aromatic N) is 3. The second-order valence-corrected chi connectivity index (χ2v) is 11.7. The molecule has 1 aliphatic rings. The molecule has 1 saturated heterocycles. The molecule has 0 N–H and O–H groups in total. The van der Waals surface area contributed by atoms with Gasteiger partial charge in [-0.2, -0.15) is 4.31 Å². The van der Waals surface area contributed by atoms with Gasteiger partial charge < -0.3 is 9.30 Å². The quantitative estimate of drug-likeness (QED) is 0.276. The maximum absolute atomic E-state index is 13.6. The number of fused-ring (bicyclic) bond motifs is 1. The van der Waals surface area contributed by atoms with Crippen LogP contribution in [0.5, 0.6) is 0 Å². The number of halogens is 1. The van der Waals surface area contributed by atoms with Crippen LogP contribution in [-0.2, 0) is 27.1 Å². The molecule has 0 radical (unpaired) electrons. The number of ether oxygens (including phenoxy) is 1. The molecule has 34 heavy (non-hydrogen) atoms. The Kier molecular flexibility index (Phi) is 8.29. The SMILES string of the molecule is CCOCCCn1c(SCc2cccc(F)c2)nc2cc(S(=O)(=O)N3CCC[C@H](C)C3)ccc21. The Morgan fingerprint density at radius 2 is 2.09 bits per heavy atom. The number of rotatable bonds is 10. The van der Waals surface area contributed by atoms with E-state index in [1.165, 1.54) is 23.9 Å². The van der Waals surface area contributed by atoms with Gasteiger partial charge in [-0.1, -0.05) is 30.8 Å². The summed E-state index contributed by atoms with van der Waals surface area (Å²) in [6.07, 6.45) is 2.76. The fourth-order valence-electron chi connectivity index (χ4n) is 4.33. The van der Waals surface area contributed by atoms with Crippen LogP contribution in [0, 0.1) is 11.7 Å². The summed E-state index contributed by atoms with van der Waals surface area (Å²) < 4.78 is 49.4. The van der Waals surface area contributed by atoms with Crippen molar-refractivity contribution >= 4 is 32.8 Å². The van der Waals surface area contributed by atoms with E-state index < -0.39 is 10.0 Å². The number of thioether (sulfide) groups is 1. The fourth-order valence-corrected chi connectivity index (χ4v) is 6.93. The highest BCUT2D eigenvalue weighted by Gasteiger charge is 2.29. The molecule has 0 bridgehead atoms. The third-order valence-electron chi connectivity index (χ3n) is 6.07.